The number of halogens is 2. The SMILES string of the molecule is CNC(c1cccc(F)c1F)C1CCC(C)O1. The molecule has 0 radical (unpaired) electrons. The van der Waals surface area contributed by atoms with Crippen molar-refractivity contribution < 1.29 is 13.5 Å². The summed E-state index contributed by atoms with van der Waals surface area (Å²) < 4.78 is 32.6. The molecule has 0 spiro atoms. The topological polar surface area (TPSA) is 21.3 Å². The lowest BCUT2D eigenvalue weighted by Gasteiger charge is -2.24. The summed E-state index contributed by atoms with van der Waals surface area (Å²) in [5, 5.41) is 3.02. The van der Waals surface area contributed by atoms with Gasteiger partial charge in [0.1, 0.15) is 0 Å². The highest BCUT2D eigenvalue weighted by Gasteiger charge is 2.31. The van der Waals surface area contributed by atoms with E-state index < -0.39 is 11.6 Å². The minimum absolute atomic E-state index is 0.0914. The largest absolute Gasteiger partial charge is 0.373 e. The third-order valence-electron chi connectivity index (χ3n) is 3.26. The molecule has 1 aliphatic rings. The predicted molar refractivity (Wildman–Crippen MR) is 61.7 cm³/mol. The Morgan fingerprint density at radius 2 is 2.12 bits per heavy atom. The second-order valence-electron chi connectivity index (χ2n) is 4.47. The summed E-state index contributed by atoms with van der Waals surface area (Å²) in [7, 11) is 1.74. The Labute approximate surface area is 100.0 Å². The van der Waals surface area contributed by atoms with Crippen LogP contribution in [-0.2, 0) is 4.74 Å². The van der Waals surface area contributed by atoms with E-state index in [1.54, 1.807) is 13.1 Å². The summed E-state index contributed by atoms with van der Waals surface area (Å²) in [4.78, 5) is 0. The molecule has 1 aromatic carbocycles. The van der Waals surface area contributed by atoms with E-state index in [9.17, 15) is 8.78 Å². The van der Waals surface area contributed by atoms with E-state index in [1.165, 1.54) is 6.07 Å². The van der Waals surface area contributed by atoms with Crippen LogP contribution in [0, 0.1) is 11.6 Å². The Morgan fingerprint density at radius 1 is 1.35 bits per heavy atom. The molecule has 3 unspecified atom stereocenters. The van der Waals surface area contributed by atoms with Crippen molar-refractivity contribution in [2.24, 2.45) is 0 Å². The number of benzene rings is 1. The van der Waals surface area contributed by atoms with E-state index in [4.69, 9.17) is 4.74 Å². The molecule has 2 rings (SSSR count). The van der Waals surface area contributed by atoms with Gasteiger partial charge >= 0.3 is 0 Å². The van der Waals surface area contributed by atoms with Gasteiger partial charge in [-0.05, 0) is 32.9 Å². The van der Waals surface area contributed by atoms with Crippen molar-refractivity contribution in [3.8, 4) is 0 Å². The van der Waals surface area contributed by atoms with Crippen molar-refractivity contribution in [3.05, 3.63) is 35.4 Å². The zero-order chi connectivity index (χ0) is 12.4. The first-order valence-corrected chi connectivity index (χ1v) is 5.90. The lowest BCUT2D eigenvalue weighted by Crippen LogP contribution is -2.30. The highest BCUT2D eigenvalue weighted by atomic mass is 19.2. The van der Waals surface area contributed by atoms with Crippen LogP contribution in [0.3, 0.4) is 0 Å². The Balaban J connectivity index is 2.26. The number of nitrogens with one attached hydrogen (secondary N) is 1. The van der Waals surface area contributed by atoms with Gasteiger partial charge in [-0.2, -0.15) is 0 Å². The van der Waals surface area contributed by atoms with Crippen LogP contribution in [0.15, 0.2) is 18.2 Å². The van der Waals surface area contributed by atoms with Gasteiger partial charge in [0.15, 0.2) is 11.6 Å². The predicted octanol–water partition coefficient (Wildman–Crippen LogP) is 2.79. The molecule has 0 saturated carbocycles. The van der Waals surface area contributed by atoms with Gasteiger partial charge < -0.3 is 10.1 Å². The Hall–Kier alpha value is -1.00. The van der Waals surface area contributed by atoms with E-state index in [0.717, 1.165) is 18.9 Å². The minimum Gasteiger partial charge on any atom is -0.373 e. The zero-order valence-electron chi connectivity index (χ0n) is 10.0. The summed E-state index contributed by atoms with van der Waals surface area (Å²) in [6, 6.07) is 3.96. The molecule has 0 amide bonds. The third-order valence-corrected chi connectivity index (χ3v) is 3.26. The molecule has 2 nitrogen and oxygen atoms in total. The van der Waals surface area contributed by atoms with E-state index in [-0.39, 0.29) is 18.2 Å². The molecule has 94 valence electrons. The fraction of sp³-hybridized carbons (Fsp3) is 0.538. The number of hydrogen-bond donors (Lipinski definition) is 1. The molecule has 1 fully saturated rings. The van der Waals surface area contributed by atoms with Crippen LogP contribution in [0.5, 0.6) is 0 Å². The summed E-state index contributed by atoms with van der Waals surface area (Å²) in [6.45, 7) is 1.99. The molecule has 1 aliphatic heterocycles. The van der Waals surface area contributed by atoms with Gasteiger partial charge in [-0.3, -0.25) is 0 Å². The van der Waals surface area contributed by atoms with Crippen molar-refractivity contribution >= 4 is 0 Å². The maximum Gasteiger partial charge on any atom is 0.163 e. The van der Waals surface area contributed by atoms with Gasteiger partial charge in [0.05, 0.1) is 18.2 Å². The lowest BCUT2D eigenvalue weighted by atomic mass is 9.98. The van der Waals surface area contributed by atoms with Gasteiger partial charge in [-0.25, -0.2) is 8.78 Å². The van der Waals surface area contributed by atoms with E-state index in [2.05, 4.69) is 5.32 Å². The molecule has 17 heavy (non-hydrogen) atoms. The van der Waals surface area contributed by atoms with Crippen molar-refractivity contribution in [3.63, 3.8) is 0 Å². The van der Waals surface area contributed by atoms with E-state index in [0.29, 0.717) is 5.56 Å². The second-order valence-corrected chi connectivity index (χ2v) is 4.47. The monoisotopic (exact) mass is 241 g/mol. The molecule has 1 saturated heterocycles. The van der Waals surface area contributed by atoms with Crippen LogP contribution in [0.25, 0.3) is 0 Å². The number of hydrogen-bond acceptors (Lipinski definition) is 2. The van der Waals surface area contributed by atoms with Crippen molar-refractivity contribution in [2.45, 2.75) is 38.0 Å². The first kappa shape index (κ1) is 12.5. The molecule has 1 aromatic rings. The molecule has 0 aromatic heterocycles. The molecular weight excluding hydrogens is 224 g/mol. The molecule has 4 heteroatoms. The molecule has 0 aliphatic carbocycles. The average Bonchev–Trinajstić information content (AvgIpc) is 2.72. The fourth-order valence-corrected chi connectivity index (χ4v) is 2.38. The van der Waals surface area contributed by atoms with Crippen LogP contribution in [-0.4, -0.2) is 19.3 Å². The zero-order valence-corrected chi connectivity index (χ0v) is 10.0. The number of rotatable bonds is 3. The van der Waals surface area contributed by atoms with E-state index in [1.807, 2.05) is 6.92 Å². The average molecular weight is 241 g/mol. The smallest absolute Gasteiger partial charge is 0.163 e. The molecule has 1 N–H and O–H groups in total. The molecular formula is C13H17F2NO. The summed E-state index contributed by atoms with van der Waals surface area (Å²) >= 11 is 0. The highest BCUT2D eigenvalue weighted by molar-refractivity contribution is 5.23. The first-order valence-electron chi connectivity index (χ1n) is 5.90. The standard InChI is InChI=1S/C13H17F2NO/c1-8-6-7-11(17-8)13(16-2)9-4-3-5-10(14)12(9)15/h3-5,8,11,13,16H,6-7H2,1-2H3. The number of ether oxygens (including phenoxy) is 1. The molecule has 3 atom stereocenters. The summed E-state index contributed by atoms with van der Waals surface area (Å²) in [6.07, 6.45) is 1.92. The quantitative estimate of drug-likeness (QED) is 0.878. The summed E-state index contributed by atoms with van der Waals surface area (Å²) in [5.74, 6) is -1.59. The second kappa shape index (κ2) is 5.10. The van der Waals surface area contributed by atoms with Gasteiger partial charge in [-0.15, -0.1) is 0 Å². The molecule has 0 bridgehead atoms. The van der Waals surface area contributed by atoms with Crippen molar-refractivity contribution in [1.29, 1.82) is 0 Å². The van der Waals surface area contributed by atoms with Crippen LogP contribution in [0.1, 0.15) is 31.4 Å². The number of likely N-dealkylation sites (N-methyl/N-ethyl adjacent to an activating group) is 1. The summed E-state index contributed by atoms with van der Waals surface area (Å²) in [5.41, 5.74) is 0.339. The first-order chi connectivity index (χ1) is 8.13. The van der Waals surface area contributed by atoms with Crippen LogP contribution in [0.2, 0.25) is 0 Å². The third kappa shape index (κ3) is 2.48. The lowest BCUT2D eigenvalue weighted by molar-refractivity contribution is 0.0324. The maximum absolute atomic E-state index is 13.7. The van der Waals surface area contributed by atoms with Gasteiger partial charge in [0, 0.05) is 5.56 Å². The van der Waals surface area contributed by atoms with E-state index >= 15 is 0 Å². The van der Waals surface area contributed by atoms with Gasteiger partial charge in [0.25, 0.3) is 0 Å². The van der Waals surface area contributed by atoms with Gasteiger partial charge in [-0.1, -0.05) is 12.1 Å². The molecule has 1 heterocycles. The highest BCUT2D eigenvalue weighted by Crippen LogP contribution is 2.31. The van der Waals surface area contributed by atoms with Crippen LogP contribution < -0.4 is 5.32 Å². The van der Waals surface area contributed by atoms with Crippen LogP contribution >= 0.6 is 0 Å². The Morgan fingerprint density at radius 3 is 2.71 bits per heavy atom. The van der Waals surface area contributed by atoms with Crippen LogP contribution in [0.4, 0.5) is 8.78 Å². The van der Waals surface area contributed by atoms with Crippen molar-refractivity contribution in [2.75, 3.05) is 7.05 Å². The maximum atomic E-state index is 13.7. The Bertz CT molecular complexity index is 397. The fourth-order valence-electron chi connectivity index (χ4n) is 2.38. The minimum atomic E-state index is -0.811. The van der Waals surface area contributed by atoms with Crippen molar-refractivity contribution in [1.82, 2.24) is 5.32 Å². The Kier molecular flexibility index (Phi) is 3.74. The normalized spacial score (nSPS) is 26.1. The van der Waals surface area contributed by atoms with Gasteiger partial charge in [0.2, 0.25) is 0 Å².